The minimum absolute atomic E-state index is 1.26. The molecule has 0 amide bonds. The molecule has 0 unspecified atom stereocenters. The van der Waals surface area contributed by atoms with E-state index in [-0.39, 0.29) is 0 Å². The highest BCUT2D eigenvalue weighted by atomic mass is 28.6. The van der Waals surface area contributed by atoms with Gasteiger partial charge >= 0.3 is 154 Å². The van der Waals surface area contributed by atoms with E-state index in [1.165, 1.54) is 0 Å². The first-order chi connectivity index (χ1) is 32.4. The summed E-state index contributed by atoms with van der Waals surface area (Å²) in [6.07, 6.45) is 0. The quantitative estimate of drug-likeness (QED) is 0.0583. The van der Waals surface area contributed by atoms with Crippen molar-refractivity contribution in [2.45, 2.75) is 249 Å². The van der Waals surface area contributed by atoms with E-state index in [0.29, 0.717) is 0 Å². The Morgan fingerprint density at radius 1 is 0.171 bits per heavy atom. The molecule has 0 aliphatic carbocycles. The topological polar surface area (TPSA) is 186 Å². The van der Waals surface area contributed by atoms with Crippen LogP contribution in [-0.2, 0) is 74.1 Å². The van der Waals surface area contributed by atoms with Gasteiger partial charge in [0.15, 0.2) is 9.04 Å². The van der Waals surface area contributed by atoms with Crippen molar-refractivity contribution in [3.8, 4) is 0 Å². The van der Waals surface area contributed by atoms with E-state index in [1.54, 1.807) is 13.1 Å². The van der Waals surface area contributed by atoms with Gasteiger partial charge in [-0.05, 0) is 249 Å². The van der Waals surface area contributed by atoms with Gasteiger partial charge in [-0.3, -0.25) is 0 Å². The zero-order chi connectivity index (χ0) is 61.3. The number of rotatable bonds is 36. The van der Waals surface area contributed by atoms with Gasteiger partial charge in [-0.15, -0.1) is 0 Å². The third kappa shape index (κ3) is 37.0. The predicted molar refractivity (Wildman–Crippen MR) is 355 cm³/mol. The molecule has 0 aliphatic heterocycles. The lowest BCUT2D eigenvalue weighted by Crippen LogP contribution is -2.63. The Kier molecular flexibility index (Phi) is 28.0. The lowest BCUT2D eigenvalue weighted by Gasteiger charge is -2.45. The maximum absolute atomic E-state index is 10.4. The average molecular weight is 1410 g/mol. The fourth-order valence-electron chi connectivity index (χ4n) is 11.0. The van der Waals surface area contributed by atoms with Crippen LogP contribution >= 0.6 is 0 Å². The molecule has 0 aliphatic rings. The molecule has 0 aromatic carbocycles. The number of hydrogen-bond acceptors (Lipinski definition) is 19. The van der Waals surface area contributed by atoms with Crippen molar-refractivity contribution < 1.29 is 78.9 Å². The van der Waals surface area contributed by atoms with Gasteiger partial charge in [0, 0.05) is 0 Å². The van der Waals surface area contributed by atoms with E-state index in [1.807, 2.05) is 118 Å². The van der Waals surface area contributed by atoms with E-state index < -0.39 is 163 Å². The van der Waals surface area contributed by atoms with Crippen LogP contribution in [0.2, 0.25) is 249 Å². The Morgan fingerprint density at radius 3 is 0.355 bits per heavy atom. The predicted octanol–water partition coefficient (Wildman–Crippen LogP) is 12.9. The fraction of sp³-hybridized carbons (Fsp3) is 1.00. The van der Waals surface area contributed by atoms with Crippen molar-refractivity contribution >= 4 is 163 Å². The minimum atomic E-state index is -2.85. The molecular weight excluding hydrogens is 1290 g/mol. The van der Waals surface area contributed by atoms with Crippen LogP contribution in [0.15, 0.2) is 0 Å². The largest absolute Gasteiger partial charge is 0.440 e. The molecule has 0 atom stereocenters. The SMILES string of the molecule is C[SiH](C)O[Si](C)(C)O[Si](C)(C)O[Si](C)(C)O[Si](C)(C)O[Si](C)(C)O[Si](C)(C)O[Si](C)(C)O[Si](C)(C)O[Si](C)(C)O[Si](C)(C)O[Si](C)(C)O[Si](C)(C)O[Si](C)(C)O[Si](C)(C)O[Si](C)(C)O[Si](C)(C)O[Si](C)(C)O[Si](C)(C)O. The van der Waals surface area contributed by atoms with Gasteiger partial charge in [0.2, 0.25) is 0 Å². The first-order valence-electron chi connectivity index (χ1n) is 26.8. The van der Waals surface area contributed by atoms with Crippen molar-refractivity contribution in [1.82, 2.24) is 0 Å². The van der Waals surface area contributed by atoms with Crippen LogP contribution in [0.4, 0.5) is 0 Å². The zero-order valence-corrected chi connectivity index (χ0v) is 74.5. The summed E-state index contributed by atoms with van der Waals surface area (Å²) in [5.74, 6) is 0. The third-order valence-electron chi connectivity index (χ3n) is 8.88. The van der Waals surface area contributed by atoms with Crippen LogP contribution in [0.3, 0.4) is 0 Å². The summed E-state index contributed by atoms with van der Waals surface area (Å²) in [7, 11) is -50.8. The Labute approximate surface area is 486 Å². The van der Waals surface area contributed by atoms with E-state index in [0.717, 1.165) is 0 Å². The Bertz CT molecular complexity index is 1840. The highest BCUT2D eigenvalue weighted by molar-refractivity contribution is 6.95. The van der Waals surface area contributed by atoms with Gasteiger partial charge in [-0.25, -0.2) is 0 Å². The molecule has 19 nitrogen and oxygen atoms in total. The second-order valence-electron chi connectivity index (χ2n) is 28.1. The van der Waals surface area contributed by atoms with Gasteiger partial charge < -0.3 is 78.9 Å². The van der Waals surface area contributed by atoms with Crippen LogP contribution in [0.1, 0.15) is 0 Å². The second kappa shape index (κ2) is 26.8. The molecular formula is C38H116O19Si19. The highest BCUT2D eigenvalue weighted by Crippen LogP contribution is 2.34. The van der Waals surface area contributed by atoms with Gasteiger partial charge in [-0.1, -0.05) is 0 Å². The molecule has 38 heteroatoms. The molecule has 458 valence electrons. The van der Waals surface area contributed by atoms with E-state index in [2.05, 4.69) is 118 Å². The van der Waals surface area contributed by atoms with Crippen molar-refractivity contribution in [2.75, 3.05) is 0 Å². The molecule has 0 aromatic rings. The third-order valence-corrected chi connectivity index (χ3v) is 79.9. The van der Waals surface area contributed by atoms with Gasteiger partial charge in [0.05, 0.1) is 0 Å². The van der Waals surface area contributed by atoms with Gasteiger partial charge in [-0.2, -0.15) is 0 Å². The van der Waals surface area contributed by atoms with Crippen molar-refractivity contribution in [3.05, 3.63) is 0 Å². The fourth-order valence-corrected chi connectivity index (χ4v) is 105. The molecule has 0 rings (SSSR count). The summed E-state index contributed by atoms with van der Waals surface area (Å²) in [5, 5.41) is 0. The molecule has 0 saturated heterocycles. The Balaban J connectivity index is 5.79. The molecule has 0 heterocycles. The van der Waals surface area contributed by atoms with Gasteiger partial charge in [0.25, 0.3) is 0 Å². The molecule has 0 bridgehead atoms. The molecule has 0 radical (unpaired) electrons. The summed E-state index contributed by atoms with van der Waals surface area (Å²) < 4.78 is 121. The Hall–Kier alpha value is 3.36. The van der Waals surface area contributed by atoms with Crippen molar-refractivity contribution in [3.63, 3.8) is 0 Å². The normalized spacial score (nSPS) is 16.1. The van der Waals surface area contributed by atoms with Gasteiger partial charge in [0.1, 0.15) is 0 Å². The van der Waals surface area contributed by atoms with E-state index >= 15 is 0 Å². The smallest absolute Gasteiger partial charge is 0.320 e. The standard InChI is InChI=1S/C38H116O19Si19/c1-58(2)40-60(5,6)42-62(9,10)44-64(13,14)46-66(17,18)48-68(21,22)50-70(25,26)52-72(29,30)54-74(33,34)56-76(37,38)57-75(35,36)55-73(31,32)53-71(27,28)51-69(23,24)49-67(19,20)47-65(15,16)45-63(11,12)43-61(7,8)41-59(3,4)39/h39,58H,1-38H3. The summed E-state index contributed by atoms with van der Waals surface area (Å²) >= 11 is 0. The molecule has 0 fully saturated rings. The van der Waals surface area contributed by atoms with E-state index in [9.17, 15) is 4.80 Å². The van der Waals surface area contributed by atoms with Crippen LogP contribution in [0, 0.1) is 0 Å². The molecule has 0 aromatic heterocycles. The number of hydrogen-bond donors (Lipinski definition) is 1. The lowest BCUT2D eigenvalue weighted by molar-refractivity contribution is 0.250. The average Bonchev–Trinajstić information content (AvgIpc) is 2.87. The monoisotopic (exact) mass is 1410 g/mol. The summed E-state index contributed by atoms with van der Waals surface area (Å²) in [4.78, 5) is 10.4. The highest BCUT2D eigenvalue weighted by Gasteiger charge is 2.54. The lowest BCUT2D eigenvalue weighted by atomic mass is 11.9. The first kappa shape index (κ1) is 79.4. The maximum Gasteiger partial charge on any atom is 0.320 e. The van der Waals surface area contributed by atoms with Crippen LogP contribution in [0.25, 0.3) is 0 Å². The molecule has 0 saturated carbocycles. The summed E-state index contributed by atoms with van der Waals surface area (Å²) in [6.45, 7) is 77.3. The first-order valence-corrected chi connectivity index (χ1v) is 80.3. The maximum atomic E-state index is 10.4. The Morgan fingerprint density at radius 2 is 0.263 bits per heavy atom. The van der Waals surface area contributed by atoms with Crippen LogP contribution in [-0.4, -0.2) is 168 Å². The molecule has 76 heavy (non-hydrogen) atoms. The zero-order valence-electron chi connectivity index (χ0n) is 55.4. The second-order valence-corrected chi connectivity index (χ2v) is 95.6. The molecule has 1 N–H and O–H groups in total. The van der Waals surface area contributed by atoms with Crippen LogP contribution in [0.5, 0.6) is 0 Å². The summed E-state index contributed by atoms with van der Waals surface area (Å²) in [5.41, 5.74) is 0. The minimum Gasteiger partial charge on any atom is -0.440 e. The summed E-state index contributed by atoms with van der Waals surface area (Å²) in [6, 6.07) is 0. The van der Waals surface area contributed by atoms with E-state index in [4.69, 9.17) is 74.1 Å². The van der Waals surface area contributed by atoms with Crippen molar-refractivity contribution in [2.24, 2.45) is 0 Å². The molecule has 0 spiro atoms. The van der Waals surface area contributed by atoms with Crippen LogP contribution < -0.4 is 0 Å². The van der Waals surface area contributed by atoms with Crippen molar-refractivity contribution in [1.29, 1.82) is 0 Å².